The Morgan fingerprint density at radius 3 is 2.50 bits per heavy atom. The Morgan fingerprint density at radius 1 is 1.12 bits per heavy atom. The number of hydrogen-bond donors (Lipinski definition) is 2. The second-order valence-corrected chi connectivity index (χ2v) is 5.48. The van der Waals surface area contributed by atoms with Gasteiger partial charge in [0, 0.05) is 12.8 Å². The van der Waals surface area contributed by atoms with E-state index < -0.39 is 5.91 Å². The molecular weight excluding hydrogens is 380 g/mol. The summed E-state index contributed by atoms with van der Waals surface area (Å²) >= 11 is 3.11. The second kappa shape index (κ2) is 9.09. The number of nitrogens with one attached hydrogen (secondary N) is 2. The number of amides is 2. The van der Waals surface area contributed by atoms with Crippen molar-refractivity contribution in [1.82, 2.24) is 5.32 Å². The molecule has 1 aromatic carbocycles. The van der Waals surface area contributed by atoms with Crippen molar-refractivity contribution in [2.45, 2.75) is 0 Å². The number of carbonyl (C=O) groups excluding carboxylic acids is 2. The average Bonchev–Trinajstić information content (AvgIpc) is 3.01. The molecule has 0 saturated heterocycles. The van der Waals surface area contributed by atoms with E-state index in [1.807, 2.05) is 0 Å². The van der Waals surface area contributed by atoms with E-state index in [-0.39, 0.29) is 18.2 Å². The average molecular weight is 397 g/mol. The van der Waals surface area contributed by atoms with Crippen molar-refractivity contribution in [3.05, 3.63) is 46.8 Å². The van der Waals surface area contributed by atoms with Crippen LogP contribution in [0.1, 0.15) is 10.6 Å². The Hall–Kier alpha value is -2.32. The van der Waals surface area contributed by atoms with Crippen molar-refractivity contribution in [2.24, 2.45) is 0 Å². The van der Waals surface area contributed by atoms with E-state index in [4.69, 9.17) is 13.9 Å². The summed E-state index contributed by atoms with van der Waals surface area (Å²) in [7, 11) is 1.60. The lowest BCUT2D eigenvalue weighted by Crippen LogP contribution is -2.32. The number of methoxy groups -OCH3 is 1. The van der Waals surface area contributed by atoms with Gasteiger partial charge in [0.05, 0.1) is 13.2 Å². The molecule has 8 heteroatoms. The third kappa shape index (κ3) is 5.71. The molecule has 1 heterocycles. The van der Waals surface area contributed by atoms with E-state index >= 15 is 0 Å². The molecule has 2 N–H and O–H groups in total. The fraction of sp³-hybridized carbons (Fsp3) is 0.250. The fourth-order valence-corrected chi connectivity index (χ4v) is 2.07. The van der Waals surface area contributed by atoms with Gasteiger partial charge in [0.15, 0.2) is 10.4 Å². The van der Waals surface area contributed by atoms with Gasteiger partial charge in [0.2, 0.25) is 5.91 Å². The molecule has 0 aliphatic rings. The topological polar surface area (TPSA) is 89.8 Å². The summed E-state index contributed by atoms with van der Waals surface area (Å²) in [6.45, 7) is 0.796. The molecule has 0 unspecified atom stereocenters. The van der Waals surface area contributed by atoms with Gasteiger partial charge in [-0.3, -0.25) is 9.59 Å². The van der Waals surface area contributed by atoms with Crippen molar-refractivity contribution in [1.29, 1.82) is 0 Å². The standard InChI is InChI=1S/C16H17BrN2O5/c1-22-8-9-23-12-4-2-11(3-5-12)19-15(20)10-18-16(21)13-6-7-14(17)24-13/h2-7H,8-10H2,1H3,(H,18,21)(H,19,20). The predicted octanol–water partition coefficient (Wildman–Crippen LogP) is 2.44. The summed E-state index contributed by atoms with van der Waals surface area (Å²) in [6, 6.07) is 10.0. The van der Waals surface area contributed by atoms with E-state index in [0.717, 1.165) is 0 Å². The van der Waals surface area contributed by atoms with Gasteiger partial charge in [-0.15, -0.1) is 0 Å². The summed E-state index contributed by atoms with van der Waals surface area (Å²) in [5.41, 5.74) is 0.606. The summed E-state index contributed by atoms with van der Waals surface area (Å²) in [4.78, 5) is 23.6. The first kappa shape index (κ1) is 18.0. The molecule has 0 aliphatic carbocycles. The van der Waals surface area contributed by atoms with E-state index in [9.17, 15) is 9.59 Å². The molecule has 0 spiro atoms. The highest BCUT2D eigenvalue weighted by Gasteiger charge is 2.11. The first-order valence-electron chi connectivity index (χ1n) is 7.13. The number of ether oxygens (including phenoxy) is 2. The Balaban J connectivity index is 1.76. The maximum absolute atomic E-state index is 11.8. The van der Waals surface area contributed by atoms with Gasteiger partial charge in [0.25, 0.3) is 5.91 Å². The molecule has 0 aliphatic heterocycles. The number of halogens is 1. The highest BCUT2D eigenvalue weighted by Crippen LogP contribution is 2.16. The third-order valence-corrected chi connectivity index (χ3v) is 3.33. The van der Waals surface area contributed by atoms with E-state index in [1.165, 1.54) is 6.07 Å². The molecule has 7 nitrogen and oxygen atoms in total. The quantitative estimate of drug-likeness (QED) is 0.668. The molecule has 2 amide bonds. The molecule has 0 fully saturated rings. The monoisotopic (exact) mass is 396 g/mol. The summed E-state index contributed by atoms with van der Waals surface area (Å²) in [5.74, 6) is 0.00810. The van der Waals surface area contributed by atoms with Crippen molar-refractivity contribution in [3.63, 3.8) is 0 Å². The molecule has 0 radical (unpaired) electrons. The van der Waals surface area contributed by atoms with Crippen molar-refractivity contribution in [3.8, 4) is 5.75 Å². The lowest BCUT2D eigenvalue weighted by Gasteiger charge is -2.08. The van der Waals surface area contributed by atoms with Crippen LogP contribution in [0.15, 0.2) is 45.5 Å². The number of hydrogen-bond acceptors (Lipinski definition) is 5. The van der Waals surface area contributed by atoms with Crippen LogP contribution < -0.4 is 15.4 Å². The van der Waals surface area contributed by atoms with E-state index in [1.54, 1.807) is 37.4 Å². The lowest BCUT2D eigenvalue weighted by molar-refractivity contribution is -0.115. The maximum Gasteiger partial charge on any atom is 0.287 e. The molecular formula is C16H17BrN2O5. The molecule has 2 rings (SSSR count). The molecule has 2 aromatic rings. The largest absolute Gasteiger partial charge is 0.491 e. The molecule has 1 aromatic heterocycles. The minimum atomic E-state index is -0.460. The van der Waals surface area contributed by atoms with Crippen LogP contribution in [0.25, 0.3) is 0 Å². The number of benzene rings is 1. The SMILES string of the molecule is COCCOc1ccc(NC(=O)CNC(=O)c2ccc(Br)o2)cc1. The van der Waals surface area contributed by atoms with Gasteiger partial charge in [-0.1, -0.05) is 0 Å². The maximum atomic E-state index is 11.8. The minimum absolute atomic E-state index is 0.132. The van der Waals surface area contributed by atoms with Crippen LogP contribution in [0, 0.1) is 0 Å². The van der Waals surface area contributed by atoms with Gasteiger partial charge >= 0.3 is 0 Å². The highest BCUT2D eigenvalue weighted by atomic mass is 79.9. The van der Waals surface area contributed by atoms with Crippen LogP contribution in [-0.2, 0) is 9.53 Å². The van der Waals surface area contributed by atoms with Crippen molar-refractivity contribution >= 4 is 33.4 Å². The Kier molecular flexibility index (Phi) is 6.83. The van der Waals surface area contributed by atoms with E-state index in [2.05, 4.69) is 26.6 Å². The van der Waals surface area contributed by atoms with Crippen LogP contribution in [0.2, 0.25) is 0 Å². The lowest BCUT2D eigenvalue weighted by atomic mass is 10.3. The normalized spacial score (nSPS) is 10.2. The Morgan fingerprint density at radius 2 is 1.88 bits per heavy atom. The molecule has 0 atom stereocenters. The minimum Gasteiger partial charge on any atom is -0.491 e. The smallest absolute Gasteiger partial charge is 0.287 e. The Labute approximate surface area is 147 Å². The second-order valence-electron chi connectivity index (χ2n) is 4.70. The van der Waals surface area contributed by atoms with Gasteiger partial charge in [-0.05, 0) is 52.3 Å². The van der Waals surface area contributed by atoms with Crippen molar-refractivity contribution < 1.29 is 23.5 Å². The van der Waals surface area contributed by atoms with Crippen LogP contribution in [0.4, 0.5) is 5.69 Å². The van der Waals surface area contributed by atoms with Crippen LogP contribution in [-0.4, -0.2) is 38.7 Å². The molecule has 24 heavy (non-hydrogen) atoms. The molecule has 128 valence electrons. The summed E-state index contributed by atoms with van der Waals surface area (Å²) < 4.78 is 15.9. The van der Waals surface area contributed by atoms with Crippen LogP contribution >= 0.6 is 15.9 Å². The predicted molar refractivity (Wildman–Crippen MR) is 91.2 cm³/mol. The number of anilines is 1. The fourth-order valence-electron chi connectivity index (χ4n) is 1.77. The molecule has 0 bridgehead atoms. The van der Waals surface area contributed by atoms with E-state index in [0.29, 0.717) is 29.3 Å². The van der Waals surface area contributed by atoms with Gasteiger partial charge < -0.3 is 24.5 Å². The zero-order chi connectivity index (χ0) is 17.4. The van der Waals surface area contributed by atoms with Gasteiger partial charge in [-0.25, -0.2) is 0 Å². The third-order valence-electron chi connectivity index (χ3n) is 2.90. The number of carbonyl (C=O) groups is 2. The summed E-state index contributed by atoms with van der Waals surface area (Å²) in [6.07, 6.45) is 0. The Bertz CT molecular complexity index is 684. The number of rotatable bonds is 8. The molecule has 0 saturated carbocycles. The highest BCUT2D eigenvalue weighted by molar-refractivity contribution is 9.10. The first-order valence-corrected chi connectivity index (χ1v) is 7.93. The zero-order valence-corrected chi connectivity index (χ0v) is 14.6. The summed E-state index contributed by atoms with van der Waals surface area (Å²) in [5, 5.41) is 5.15. The zero-order valence-electron chi connectivity index (χ0n) is 13.0. The van der Waals surface area contributed by atoms with Crippen LogP contribution in [0.5, 0.6) is 5.75 Å². The van der Waals surface area contributed by atoms with Gasteiger partial charge in [0.1, 0.15) is 12.4 Å². The van der Waals surface area contributed by atoms with Gasteiger partial charge in [-0.2, -0.15) is 0 Å². The van der Waals surface area contributed by atoms with Crippen LogP contribution in [0.3, 0.4) is 0 Å². The van der Waals surface area contributed by atoms with Crippen molar-refractivity contribution in [2.75, 3.05) is 32.2 Å². The first-order chi connectivity index (χ1) is 11.6. The number of furan rings is 1.